The Balaban J connectivity index is 2.77. The van der Waals surface area contributed by atoms with Crippen LogP contribution in [0.3, 0.4) is 0 Å². The van der Waals surface area contributed by atoms with Crippen LogP contribution in [0.5, 0.6) is 5.75 Å². The van der Waals surface area contributed by atoms with Gasteiger partial charge < -0.3 is 15.8 Å². The molecule has 88 valence electrons. The smallest absolute Gasteiger partial charge is 0.240 e. The predicted molar refractivity (Wildman–Crippen MR) is 64.9 cm³/mol. The van der Waals surface area contributed by atoms with Crippen LogP contribution < -0.4 is 15.8 Å². The normalized spacial score (nSPS) is 12.0. The van der Waals surface area contributed by atoms with Crippen LogP contribution in [-0.2, 0) is 4.79 Å². The van der Waals surface area contributed by atoms with E-state index in [1.54, 1.807) is 25.1 Å². The third-order valence-electron chi connectivity index (χ3n) is 1.91. The van der Waals surface area contributed by atoms with E-state index in [-0.39, 0.29) is 5.91 Å². The van der Waals surface area contributed by atoms with E-state index in [1.807, 2.05) is 6.92 Å². The van der Waals surface area contributed by atoms with Crippen LogP contribution in [0.1, 0.15) is 13.8 Å². The molecule has 5 heteroatoms. The molecule has 0 aliphatic carbocycles. The molecule has 1 amide bonds. The fraction of sp³-hybridized carbons (Fsp3) is 0.364. The molecule has 0 saturated heterocycles. The zero-order valence-corrected chi connectivity index (χ0v) is 10.0. The summed E-state index contributed by atoms with van der Waals surface area (Å²) in [7, 11) is 0. The summed E-state index contributed by atoms with van der Waals surface area (Å²) >= 11 is 5.96. The van der Waals surface area contributed by atoms with Gasteiger partial charge in [0, 0.05) is 5.69 Å². The van der Waals surface area contributed by atoms with Crippen LogP contribution in [0, 0.1) is 0 Å². The monoisotopic (exact) mass is 242 g/mol. The Bertz CT molecular complexity index is 380. The van der Waals surface area contributed by atoms with Crippen LogP contribution in [0.2, 0.25) is 5.02 Å². The van der Waals surface area contributed by atoms with Crippen molar-refractivity contribution in [3.63, 3.8) is 0 Å². The minimum atomic E-state index is -0.551. The van der Waals surface area contributed by atoms with E-state index >= 15 is 0 Å². The molecule has 1 aromatic carbocycles. The second kappa shape index (κ2) is 5.72. The molecule has 1 aromatic rings. The number of hydrogen-bond donors (Lipinski definition) is 2. The first kappa shape index (κ1) is 12.8. The number of carbonyl (C=O) groups is 1. The lowest BCUT2D eigenvalue weighted by atomic mass is 10.2. The predicted octanol–water partition coefficient (Wildman–Crippen LogP) is 2.02. The number of ether oxygens (including phenoxy) is 1. The molecule has 3 N–H and O–H groups in total. The SMILES string of the molecule is CCOc1ccc(NC(=O)C(C)N)cc1Cl. The van der Waals surface area contributed by atoms with Crippen molar-refractivity contribution in [2.45, 2.75) is 19.9 Å². The molecule has 0 aliphatic rings. The summed E-state index contributed by atoms with van der Waals surface area (Å²) < 4.78 is 5.27. The van der Waals surface area contributed by atoms with Crippen molar-refractivity contribution in [2.75, 3.05) is 11.9 Å². The summed E-state index contributed by atoms with van der Waals surface area (Å²) in [5.41, 5.74) is 6.04. The first-order valence-electron chi connectivity index (χ1n) is 5.03. The van der Waals surface area contributed by atoms with Crippen LogP contribution >= 0.6 is 11.6 Å². The maximum atomic E-state index is 11.3. The Morgan fingerprint density at radius 3 is 2.81 bits per heavy atom. The Morgan fingerprint density at radius 2 is 2.31 bits per heavy atom. The molecule has 0 radical (unpaired) electrons. The highest BCUT2D eigenvalue weighted by molar-refractivity contribution is 6.32. The maximum Gasteiger partial charge on any atom is 0.240 e. The van der Waals surface area contributed by atoms with Gasteiger partial charge in [-0.25, -0.2) is 0 Å². The summed E-state index contributed by atoms with van der Waals surface area (Å²) in [5.74, 6) is 0.350. The lowest BCUT2D eigenvalue weighted by Gasteiger charge is -2.10. The van der Waals surface area contributed by atoms with Crippen LogP contribution in [0.4, 0.5) is 5.69 Å². The Morgan fingerprint density at radius 1 is 1.62 bits per heavy atom. The van der Waals surface area contributed by atoms with Crippen molar-refractivity contribution in [3.05, 3.63) is 23.2 Å². The largest absolute Gasteiger partial charge is 0.492 e. The second-order valence-electron chi connectivity index (χ2n) is 3.36. The van der Waals surface area contributed by atoms with Gasteiger partial charge in [0.25, 0.3) is 0 Å². The lowest BCUT2D eigenvalue weighted by molar-refractivity contribution is -0.117. The Kier molecular flexibility index (Phi) is 4.58. The van der Waals surface area contributed by atoms with E-state index in [4.69, 9.17) is 22.1 Å². The molecule has 1 rings (SSSR count). The molecule has 1 unspecified atom stereocenters. The van der Waals surface area contributed by atoms with Crippen LogP contribution in [0.15, 0.2) is 18.2 Å². The van der Waals surface area contributed by atoms with Gasteiger partial charge in [0.2, 0.25) is 5.91 Å². The number of anilines is 1. The topological polar surface area (TPSA) is 64.3 Å². The Labute approximate surface area is 99.7 Å². The van der Waals surface area contributed by atoms with Gasteiger partial charge in [-0.15, -0.1) is 0 Å². The molecule has 0 heterocycles. The Hall–Kier alpha value is -1.26. The van der Waals surface area contributed by atoms with Crippen molar-refractivity contribution in [1.82, 2.24) is 0 Å². The van der Waals surface area contributed by atoms with E-state index < -0.39 is 6.04 Å². The molecule has 0 aliphatic heterocycles. The van der Waals surface area contributed by atoms with E-state index in [0.29, 0.717) is 23.1 Å². The molecule has 4 nitrogen and oxygen atoms in total. The molecule has 0 spiro atoms. The first-order valence-corrected chi connectivity index (χ1v) is 5.41. The summed E-state index contributed by atoms with van der Waals surface area (Å²) in [4.78, 5) is 11.3. The number of benzene rings is 1. The summed E-state index contributed by atoms with van der Waals surface area (Å²) in [6.07, 6.45) is 0. The van der Waals surface area contributed by atoms with E-state index in [9.17, 15) is 4.79 Å². The fourth-order valence-corrected chi connectivity index (χ4v) is 1.34. The number of hydrogen-bond acceptors (Lipinski definition) is 3. The van der Waals surface area contributed by atoms with Crippen molar-refractivity contribution >= 4 is 23.2 Å². The number of carbonyl (C=O) groups excluding carboxylic acids is 1. The number of rotatable bonds is 4. The van der Waals surface area contributed by atoms with Crippen molar-refractivity contribution in [3.8, 4) is 5.75 Å². The van der Waals surface area contributed by atoms with Gasteiger partial charge in [-0.05, 0) is 32.0 Å². The quantitative estimate of drug-likeness (QED) is 0.849. The molecule has 1 atom stereocenters. The fourth-order valence-electron chi connectivity index (χ4n) is 1.11. The third kappa shape index (κ3) is 3.40. The number of amides is 1. The van der Waals surface area contributed by atoms with E-state index in [2.05, 4.69) is 5.32 Å². The first-order chi connectivity index (χ1) is 7.54. The number of nitrogens with two attached hydrogens (primary N) is 1. The standard InChI is InChI=1S/C11H15ClN2O2/c1-3-16-10-5-4-8(6-9(10)12)14-11(15)7(2)13/h4-7H,3,13H2,1-2H3,(H,14,15). The van der Waals surface area contributed by atoms with Crippen molar-refractivity contribution in [1.29, 1.82) is 0 Å². The zero-order valence-electron chi connectivity index (χ0n) is 9.29. The lowest BCUT2D eigenvalue weighted by Crippen LogP contribution is -2.32. The van der Waals surface area contributed by atoms with Gasteiger partial charge in [-0.2, -0.15) is 0 Å². The molecule has 0 saturated carbocycles. The summed E-state index contributed by atoms with van der Waals surface area (Å²) in [6, 6.07) is 4.51. The minimum absolute atomic E-state index is 0.250. The van der Waals surface area contributed by atoms with Gasteiger partial charge in [0.1, 0.15) is 5.75 Å². The highest BCUT2D eigenvalue weighted by atomic mass is 35.5. The van der Waals surface area contributed by atoms with Crippen LogP contribution in [0.25, 0.3) is 0 Å². The van der Waals surface area contributed by atoms with Crippen molar-refractivity contribution in [2.24, 2.45) is 5.73 Å². The molecule has 0 aromatic heterocycles. The molecule has 16 heavy (non-hydrogen) atoms. The summed E-state index contributed by atoms with van der Waals surface area (Å²) in [6.45, 7) is 4.04. The van der Waals surface area contributed by atoms with E-state index in [1.165, 1.54) is 0 Å². The minimum Gasteiger partial charge on any atom is -0.492 e. The average Bonchev–Trinajstić information content (AvgIpc) is 2.22. The molecule has 0 fully saturated rings. The van der Waals surface area contributed by atoms with E-state index in [0.717, 1.165) is 0 Å². The summed E-state index contributed by atoms with van der Waals surface area (Å²) in [5, 5.41) is 3.11. The van der Waals surface area contributed by atoms with Gasteiger partial charge >= 0.3 is 0 Å². The maximum absolute atomic E-state index is 11.3. The van der Waals surface area contributed by atoms with Crippen molar-refractivity contribution < 1.29 is 9.53 Å². The van der Waals surface area contributed by atoms with Gasteiger partial charge in [0.05, 0.1) is 17.7 Å². The van der Waals surface area contributed by atoms with Gasteiger partial charge in [-0.3, -0.25) is 4.79 Å². The molecular weight excluding hydrogens is 228 g/mol. The highest BCUT2D eigenvalue weighted by Gasteiger charge is 2.09. The molecule has 0 bridgehead atoms. The van der Waals surface area contributed by atoms with Gasteiger partial charge in [0.15, 0.2) is 0 Å². The zero-order chi connectivity index (χ0) is 12.1. The average molecular weight is 243 g/mol. The highest BCUT2D eigenvalue weighted by Crippen LogP contribution is 2.27. The number of halogens is 1. The molecular formula is C11H15ClN2O2. The third-order valence-corrected chi connectivity index (χ3v) is 2.21. The van der Waals surface area contributed by atoms with Crippen LogP contribution in [-0.4, -0.2) is 18.6 Å². The second-order valence-corrected chi connectivity index (χ2v) is 3.76. The number of nitrogens with one attached hydrogen (secondary N) is 1. The van der Waals surface area contributed by atoms with Gasteiger partial charge in [-0.1, -0.05) is 11.6 Å².